The number of halogens is 12. The average Bonchev–Trinajstić information content (AvgIpc) is 1.12. The molecule has 0 aromatic heterocycles. The molecule has 0 aromatic rings. The zero-order valence-corrected chi connectivity index (χ0v) is 36.7. The molecule has 31 heavy (non-hydrogen) atoms. The molecule has 0 aromatic carbocycles. The van der Waals surface area contributed by atoms with Crippen LogP contribution in [-0.4, -0.2) is 340 Å². The van der Waals surface area contributed by atoms with Crippen LogP contribution in [0.3, 0.4) is 0 Å². The minimum atomic E-state index is -5.39. The Morgan fingerprint density at radius 2 is 0.258 bits per heavy atom. The number of hydrogen-bond acceptors (Lipinski definition) is 8. The van der Waals surface area contributed by atoms with Gasteiger partial charge in [-0.2, -0.15) is 15.6 Å². The summed E-state index contributed by atoms with van der Waals surface area (Å²) < 4.78 is 17.1. The fraction of sp³-hybridized carbons (Fsp3) is 0. The predicted octanol–water partition coefficient (Wildman–Crippen LogP) is -45.0. The zero-order valence-electron chi connectivity index (χ0n) is 15.1. The van der Waals surface area contributed by atoms with Crippen molar-refractivity contribution in [1.29, 1.82) is 0 Å². The van der Waals surface area contributed by atoms with Crippen molar-refractivity contribution in [2.75, 3.05) is 0 Å². The van der Waals surface area contributed by atoms with Gasteiger partial charge in [0.2, 0.25) is 0 Å². The van der Waals surface area contributed by atoms with Crippen molar-refractivity contribution in [2.24, 2.45) is 0 Å². The monoisotopic (exact) mass is 778 g/mol. The van der Waals surface area contributed by atoms with E-state index in [-0.39, 0.29) is 396 Å². The van der Waals surface area contributed by atoms with Crippen molar-refractivity contribution < 1.29 is 94.9 Å². The first-order valence-corrected chi connectivity index (χ1v) is 4.38. The maximum Gasteiger partial charge on any atom is 2.00 e. The van der Waals surface area contributed by atoms with Gasteiger partial charge in [-0.05, 0) is 0 Å². The Kier molecular flexibility index (Phi) is 793. The van der Waals surface area contributed by atoms with E-state index in [0.717, 1.165) is 0 Å². The smallest absolute Gasteiger partial charge is 1.00 e. The summed E-state index contributed by atoms with van der Waals surface area (Å²) in [5, 5.41) is 0. The van der Waals surface area contributed by atoms with Crippen LogP contribution in [0.15, 0.2) is 0 Å². The molecule has 0 amide bonds. The third-order valence-corrected chi connectivity index (χ3v) is 0. The molecule has 0 fully saturated rings. The predicted molar refractivity (Wildman–Crippen MR) is 67.0 cm³/mol. The zero-order chi connectivity index (χ0) is 9.00. The van der Waals surface area contributed by atoms with E-state index < -0.39 is 15.6 Å². The van der Waals surface area contributed by atoms with Gasteiger partial charge >= 0.3 is 340 Å². The molecular formula is Ca9F12O8P2. The third kappa shape index (κ3) is 531. The molecule has 0 bridgehead atoms. The van der Waals surface area contributed by atoms with E-state index in [2.05, 4.69) is 0 Å². The summed E-state index contributed by atoms with van der Waals surface area (Å²) in [6, 6.07) is 0. The molecular weight excluding hydrogens is 779 g/mol. The Morgan fingerprint density at radius 3 is 0.258 bits per heavy atom. The van der Waals surface area contributed by atoms with E-state index in [1.54, 1.807) is 0 Å². The summed E-state index contributed by atoms with van der Waals surface area (Å²) in [7, 11) is -10.8. The van der Waals surface area contributed by atoms with Crippen LogP contribution < -0.4 is 85.8 Å². The fourth-order valence-electron chi connectivity index (χ4n) is 0. The maximum absolute atomic E-state index is 8.55. The average molecular weight is 779 g/mol. The van der Waals surface area contributed by atoms with Crippen LogP contribution in [0.1, 0.15) is 0 Å². The third-order valence-electron chi connectivity index (χ3n) is 0. The van der Waals surface area contributed by atoms with Gasteiger partial charge in [0, 0.05) is 0 Å². The second-order valence-corrected chi connectivity index (χ2v) is 2.68. The van der Waals surface area contributed by atoms with E-state index in [1.807, 2.05) is 0 Å². The molecule has 0 rings (SSSR count). The molecule has 0 saturated heterocycles. The van der Waals surface area contributed by atoms with Gasteiger partial charge in [-0.15, -0.1) is 0 Å². The molecule has 8 nitrogen and oxygen atoms in total. The summed E-state index contributed by atoms with van der Waals surface area (Å²) in [6.45, 7) is 0. The molecule has 0 aliphatic rings. The number of rotatable bonds is 0. The Labute approximate surface area is 437 Å². The molecule has 160 valence electrons. The summed E-state index contributed by atoms with van der Waals surface area (Å²) in [6.07, 6.45) is 0. The topological polar surface area (TPSA) is 172 Å². The van der Waals surface area contributed by atoms with Gasteiger partial charge in [0.1, 0.15) is 0 Å². The normalized spacial score (nSPS) is 3.81. The second kappa shape index (κ2) is 124. The van der Waals surface area contributed by atoms with Crippen molar-refractivity contribution in [2.45, 2.75) is 0 Å². The van der Waals surface area contributed by atoms with Gasteiger partial charge < -0.3 is 94.9 Å². The summed E-state index contributed by atoms with van der Waals surface area (Å²) >= 11 is 0. The Morgan fingerprint density at radius 1 is 0.258 bits per heavy atom. The first kappa shape index (κ1) is 197. The van der Waals surface area contributed by atoms with Crippen molar-refractivity contribution in [3.8, 4) is 0 Å². The van der Waals surface area contributed by atoms with Crippen LogP contribution in [-0.2, 0) is 9.13 Å². The van der Waals surface area contributed by atoms with Gasteiger partial charge in [-0.3, -0.25) is 0 Å². The minimum absolute atomic E-state index is 0. The van der Waals surface area contributed by atoms with E-state index >= 15 is 0 Å². The Hall–Kier alpha value is 10.7. The summed E-state index contributed by atoms with van der Waals surface area (Å²) in [5.74, 6) is 0. The van der Waals surface area contributed by atoms with Gasteiger partial charge in [-0.1, -0.05) is 0 Å². The second-order valence-electron chi connectivity index (χ2n) is 0.894. The van der Waals surface area contributed by atoms with Gasteiger partial charge in [0.05, 0.1) is 0 Å². The quantitative estimate of drug-likeness (QED) is 0.133. The van der Waals surface area contributed by atoms with Crippen LogP contribution in [0.25, 0.3) is 0 Å². The Balaban J connectivity index is -0.00000000117. The van der Waals surface area contributed by atoms with E-state index in [0.29, 0.717) is 0 Å². The molecule has 0 N–H and O–H groups in total. The van der Waals surface area contributed by atoms with Gasteiger partial charge in [0.25, 0.3) is 0 Å². The SMILES string of the molecule is O=P([O-])([O-])[O-].O=P([O-])([O-])[O-].[Ca+2].[Ca+2].[Ca+2].[Ca+2].[Ca+2].[Ca+2].[Ca+2].[Ca+2].[Ca+2].[F-].[F-].[F-].[F-].[F-].[F-].[F-].[F-].[F-].[F-].[F-].[F-]. The van der Waals surface area contributed by atoms with Crippen molar-refractivity contribution in [3.05, 3.63) is 0 Å². The molecule has 0 spiro atoms. The van der Waals surface area contributed by atoms with Crippen molar-refractivity contribution in [3.63, 3.8) is 0 Å². The molecule has 0 aliphatic carbocycles. The summed E-state index contributed by atoms with van der Waals surface area (Å²) in [4.78, 5) is 51.3. The van der Waals surface area contributed by atoms with Crippen molar-refractivity contribution in [1.82, 2.24) is 0 Å². The number of hydrogen-bond donors (Lipinski definition) is 0. The largest absolute Gasteiger partial charge is 2.00 e. The van der Waals surface area contributed by atoms with E-state index in [1.165, 1.54) is 0 Å². The maximum atomic E-state index is 8.55. The van der Waals surface area contributed by atoms with Crippen LogP contribution in [0, 0.1) is 0 Å². The van der Waals surface area contributed by atoms with Crippen LogP contribution in [0.2, 0.25) is 0 Å². The fourth-order valence-corrected chi connectivity index (χ4v) is 0. The summed E-state index contributed by atoms with van der Waals surface area (Å²) in [5.41, 5.74) is 0. The van der Waals surface area contributed by atoms with Gasteiger partial charge in [-0.25, -0.2) is 0 Å². The molecule has 0 aliphatic heterocycles. The first-order chi connectivity index (χ1) is 4.00. The van der Waals surface area contributed by atoms with E-state index in [9.17, 15) is 0 Å². The molecule has 0 saturated carbocycles. The van der Waals surface area contributed by atoms with Crippen LogP contribution in [0.4, 0.5) is 0 Å². The molecule has 0 radical (unpaired) electrons. The standard InChI is InChI=1S/9Ca.12FH.2H3O4P/c;;;;;;;;;;;;;;;;;;;;;2*1-5(2,3)4/h;;;;;;;;;12*1H;2*(H3,1,2,3,4)/q9*+2;;;;;;;;;;;;;;/p-18. The van der Waals surface area contributed by atoms with Crippen LogP contribution >= 0.6 is 15.6 Å². The molecule has 31 heteroatoms. The van der Waals surface area contributed by atoms with Crippen LogP contribution in [0.5, 0.6) is 0 Å². The molecule has 0 heterocycles. The minimum Gasteiger partial charge on any atom is -1.00 e. The first-order valence-electron chi connectivity index (χ1n) is 1.46. The van der Waals surface area contributed by atoms with Gasteiger partial charge in [0.15, 0.2) is 0 Å². The van der Waals surface area contributed by atoms with Crippen molar-refractivity contribution >= 4 is 355 Å². The Bertz CT molecular complexity index is 168. The number of phosphoric acid groups is 2. The molecule has 0 atom stereocenters. The van der Waals surface area contributed by atoms with E-state index in [4.69, 9.17) is 38.5 Å². The molecule has 0 unspecified atom stereocenters.